The molecule has 0 spiro atoms. The van der Waals surface area contributed by atoms with Gasteiger partial charge < -0.3 is 11.1 Å². The summed E-state index contributed by atoms with van der Waals surface area (Å²) in [7, 11) is 0. The fraction of sp³-hybridized carbons (Fsp3) is 0.300. The van der Waals surface area contributed by atoms with Crippen molar-refractivity contribution >= 4 is 5.82 Å². The molecule has 3 aromatic rings. The molecule has 1 fully saturated rings. The summed E-state index contributed by atoms with van der Waals surface area (Å²) < 4.78 is 0. The Bertz CT molecular complexity index is 795. The molecule has 2 atom stereocenters. The molecule has 3 aromatic heterocycles. The SMILES string of the molecule is N[C@@H]1CCCC[C@H]1Nc1cc(-c2cccnc2)nc(-c2ccccn2)n1. The Hall–Kier alpha value is -2.86. The van der Waals surface area contributed by atoms with Crippen LogP contribution in [0.15, 0.2) is 55.0 Å². The van der Waals surface area contributed by atoms with Gasteiger partial charge in [-0.25, -0.2) is 9.97 Å². The molecule has 4 rings (SSSR count). The molecule has 0 amide bonds. The van der Waals surface area contributed by atoms with E-state index in [9.17, 15) is 0 Å². The third-order valence-electron chi connectivity index (χ3n) is 4.73. The molecule has 6 nitrogen and oxygen atoms in total. The average Bonchev–Trinajstić information content (AvgIpc) is 2.71. The van der Waals surface area contributed by atoms with Gasteiger partial charge in [0, 0.05) is 42.3 Å². The van der Waals surface area contributed by atoms with E-state index >= 15 is 0 Å². The second kappa shape index (κ2) is 7.58. The summed E-state index contributed by atoms with van der Waals surface area (Å²) >= 11 is 0. The highest BCUT2D eigenvalue weighted by molar-refractivity contribution is 5.65. The van der Waals surface area contributed by atoms with Gasteiger partial charge in [0.05, 0.1) is 5.69 Å². The number of pyridine rings is 2. The van der Waals surface area contributed by atoms with Crippen molar-refractivity contribution < 1.29 is 0 Å². The Labute approximate surface area is 152 Å². The fourth-order valence-corrected chi connectivity index (χ4v) is 3.32. The fourth-order valence-electron chi connectivity index (χ4n) is 3.32. The first-order valence-corrected chi connectivity index (χ1v) is 9.02. The number of hydrogen-bond donors (Lipinski definition) is 2. The second-order valence-corrected chi connectivity index (χ2v) is 6.62. The Morgan fingerprint density at radius 3 is 2.65 bits per heavy atom. The van der Waals surface area contributed by atoms with E-state index in [1.54, 1.807) is 18.6 Å². The van der Waals surface area contributed by atoms with E-state index in [-0.39, 0.29) is 12.1 Å². The highest BCUT2D eigenvalue weighted by Gasteiger charge is 2.22. The number of nitrogens with zero attached hydrogens (tertiary/aromatic N) is 4. The number of nitrogens with two attached hydrogens (primary N) is 1. The van der Waals surface area contributed by atoms with Crippen LogP contribution in [0.3, 0.4) is 0 Å². The predicted octanol–water partition coefficient (Wildman–Crippen LogP) is 3.28. The summed E-state index contributed by atoms with van der Waals surface area (Å²) in [6, 6.07) is 12.0. The van der Waals surface area contributed by atoms with Gasteiger partial charge in [-0.2, -0.15) is 0 Å². The second-order valence-electron chi connectivity index (χ2n) is 6.62. The molecule has 0 radical (unpaired) electrons. The monoisotopic (exact) mass is 346 g/mol. The molecule has 26 heavy (non-hydrogen) atoms. The number of rotatable bonds is 4. The number of nitrogens with one attached hydrogen (secondary N) is 1. The predicted molar refractivity (Wildman–Crippen MR) is 102 cm³/mol. The molecular weight excluding hydrogens is 324 g/mol. The zero-order valence-electron chi connectivity index (χ0n) is 14.5. The number of anilines is 1. The maximum Gasteiger partial charge on any atom is 0.180 e. The molecule has 0 aromatic carbocycles. The van der Waals surface area contributed by atoms with E-state index in [0.717, 1.165) is 35.6 Å². The van der Waals surface area contributed by atoms with Crippen molar-refractivity contribution in [3.05, 3.63) is 55.0 Å². The number of aromatic nitrogens is 4. The first kappa shape index (κ1) is 16.6. The van der Waals surface area contributed by atoms with Crippen molar-refractivity contribution in [3.63, 3.8) is 0 Å². The maximum absolute atomic E-state index is 6.30. The summed E-state index contributed by atoms with van der Waals surface area (Å²) in [6.45, 7) is 0. The topological polar surface area (TPSA) is 89.6 Å². The normalized spacial score (nSPS) is 19.9. The molecule has 6 heteroatoms. The van der Waals surface area contributed by atoms with Crippen LogP contribution in [0.25, 0.3) is 22.8 Å². The van der Waals surface area contributed by atoms with Crippen LogP contribution < -0.4 is 11.1 Å². The zero-order chi connectivity index (χ0) is 17.8. The van der Waals surface area contributed by atoms with Crippen LogP contribution in [0, 0.1) is 0 Å². The molecule has 1 aliphatic carbocycles. The largest absolute Gasteiger partial charge is 0.366 e. The summed E-state index contributed by atoms with van der Waals surface area (Å²) in [4.78, 5) is 18.0. The molecule has 0 unspecified atom stereocenters. The van der Waals surface area contributed by atoms with E-state index < -0.39 is 0 Å². The van der Waals surface area contributed by atoms with Crippen LogP contribution in [-0.4, -0.2) is 32.0 Å². The van der Waals surface area contributed by atoms with Gasteiger partial charge in [-0.05, 0) is 37.1 Å². The smallest absolute Gasteiger partial charge is 0.180 e. The van der Waals surface area contributed by atoms with Crippen molar-refractivity contribution in [2.24, 2.45) is 5.73 Å². The third kappa shape index (κ3) is 3.70. The minimum Gasteiger partial charge on any atom is -0.366 e. The molecule has 3 N–H and O–H groups in total. The maximum atomic E-state index is 6.30. The first-order valence-electron chi connectivity index (χ1n) is 9.02. The average molecular weight is 346 g/mol. The van der Waals surface area contributed by atoms with E-state index in [1.807, 2.05) is 36.4 Å². The summed E-state index contributed by atoms with van der Waals surface area (Å²) in [5.74, 6) is 1.38. The minimum absolute atomic E-state index is 0.152. The lowest BCUT2D eigenvalue weighted by Gasteiger charge is -2.29. The van der Waals surface area contributed by atoms with Crippen molar-refractivity contribution in [1.82, 2.24) is 19.9 Å². The van der Waals surface area contributed by atoms with E-state index in [2.05, 4.69) is 15.3 Å². The van der Waals surface area contributed by atoms with Gasteiger partial charge in [0.1, 0.15) is 11.5 Å². The number of hydrogen-bond acceptors (Lipinski definition) is 6. The summed E-state index contributed by atoms with van der Waals surface area (Å²) in [5.41, 5.74) is 8.81. The van der Waals surface area contributed by atoms with Crippen LogP contribution in [0.4, 0.5) is 5.82 Å². The summed E-state index contributed by atoms with van der Waals surface area (Å²) in [6.07, 6.45) is 9.81. The van der Waals surface area contributed by atoms with Gasteiger partial charge >= 0.3 is 0 Å². The lowest BCUT2D eigenvalue weighted by atomic mass is 9.91. The van der Waals surface area contributed by atoms with Crippen LogP contribution in [0.2, 0.25) is 0 Å². The Balaban J connectivity index is 1.73. The van der Waals surface area contributed by atoms with Crippen molar-refractivity contribution in [3.8, 4) is 22.8 Å². The van der Waals surface area contributed by atoms with Gasteiger partial charge in [-0.3, -0.25) is 9.97 Å². The Kier molecular flexibility index (Phi) is 4.84. The van der Waals surface area contributed by atoms with Gasteiger partial charge in [-0.15, -0.1) is 0 Å². The van der Waals surface area contributed by atoms with E-state index in [4.69, 9.17) is 15.7 Å². The van der Waals surface area contributed by atoms with E-state index in [0.29, 0.717) is 5.82 Å². The summed E-state index contributed by atoms with van der Waals surface area (Å²) in [5, 5.41) is 3.53. The minimum atomic E-state index is 0.152. The van der Waals surface area contributed by atoms with Crippen LogP contribution in [0.1, 0.15) is 25.7 Å². The molecule has 0 saturated heterocycles. The van der Waals surface area contributed by atoms with Crippen molar-refractivity contribution in [1.29, 1.82) is 0 Å². The van der Waals surface area contributed by atoms with Crippen LogP contribution >= 0.6 is 0 Å². The lowest BCUT2D eigenvalue weighted by Crippen LogP contribution is -2.42. The van der Waals surface area contributed by atoms with Crippen molar-refractivity contribution in [2.45, 2.75) is 37.8 Å². The highest BCUT2D eigenvalue weighted by Crippen LogP contribution is 2.25. The van der Waals surface area contributed by atoms with E-state index in [1.165, 1.54) is 12.8 Å². The molecule has 1 saturated carbocycles. The third-order valence-corrected chi connectivity index (χ3v) is 4.73. The van der Waals surface area contributed by atoms with Crippen molar-refractivity contribution in [2.75, 3.05) is 5.32 Å². The molecule has 132 valence electrons. The highest BCUT2D eigenvalue weighted by atomic mass is 15.1. The quantitative estimate of drug-likeness (QED) is 0.753. The Morgan fingerprint density at radius 2 is 1.88 bits per heavy atom. The molecule has 1 aliphatic rings. The Morgan fingerprint density at radius 1 is 0.962 bits per heavy atom. The molecule has 3 heterocycles. The lowest BCUT2D eigenvalue weighted by molar-refractivity contribution is 0.403. The van der Waals surface area contributed by atoms with Crippen LogP contribution in [0.5, 0.6) is 0 Å². The first-order chi connectivity index (χ1) is 12.8. The molecular formula is C20H22N6. The molecule has 0 bridgehead atoms. The standard InChI is InChI=1S/C20H22N6/c21-15-7-1-2-8-16(15)24-19-12-18(14-6-5-10-22-13-14)25-20(26-19)17-9-3-4-11-23-17/h3-6,9-13,15-16H,1-2,7-8,21H2,(H,24,25,26)/t15-,16-/m1/s1. The van der Waals surface area contributed by atoms with Gasteiger partial charge in [0.15, 0.2) is 5.82 Å². The zero-order valence-corrected chi connectivity index (χ0v) is 14.5. The van der Waals surface area contributed by atoms with Gasteiger partial charge in [0.2, 0.25) is 0 Å². The van der Waals surface area contributed by atoms with Crippen LogP contribution in [-0.2, 0) is 0 Å². The van der Waals surface area contributed by atoms with Gasteiger partial charge in [-0.1, -0.05) is 18.9 Å². The molecule has 0 aliphatic heterocycles. The van der Waals surface area contributed by atoms with Gasteiger partial charge in [0.25, 0.3) is 0 Å².